The standard InChI is InChI=1S/C31H30ClN7O6S/c1-18-23(9-12-28(33-18)38-46(43,44)22-6-4-5-21(17-22)45-14-13-29(40)37-42)31(41)34-19-7-10-25(32)24(15-19)30-35-26-11-8-20(39(2)3)16-27(26)36-30/h4-12,15-17,42H,13-14H2,1-3H3,(H,33,38)(H,34,41)(H,35,36)(H,37,40). The fraction of sp³-hybridized carbons (Fsp3) is 0.161. The van der Waals surface area contributed by atoms with E-state index in [2.05, 4.69) is 25.0 Å². The lowest BCUT2D eigenvalue weighted by Gasteiger charge is -2.12. The van der Waals surface area contributed by atoms with Crippen LogP contribution in [0, 0.1) is 6.92 Å². The van der Waals surface area contributed by atoms with Gasteiger partial charge in [-0.1, -0.05) is 17.7 Å². The van der Waals surface area contributed by atoms with E-state index in [9.17, 15) is 18.0 Å². The summed E-state index contributed by atoms with van der Waals surface area (Å²) in [5.74, 6) is -0.311. The molecular weight excluding hydrogens is 634 g/mol. The number of aromatic amines is 1. The lowest BCUT2D eigenvalue weighted by Crippen LogP contribution is -2.20. The summed E-state index contributed by atoms with van der Waals surface area (Å²) in [6.07, 6.45) is -0.118. The van der Waals surface area contributed by atoms with Gasteiger partial charge in [0.2, 0.25) is 5.91 Å². The molecule has 2 amide bonds. The molecule has 0 aliphatic carbocycles. The average molecular weight is 664 g/mol. The summed E-state index contributed by atoms with van der Waals surface area (Å²) < 4.78 is 33.9. The Morgan fingerprint density at radius 3 is 2.57 bits per heavy atom. The largest absolute Gasteiger partial charge is 0.493 e. The van der Waals surface area contributed by atoms with E-state index in [1.807, 2.05) is 37.2 Å². The molecule has 0 bridgehead atoms. The van der Waals surface area contributed by atoms with E-state index < -0.39 is 21.8 Å². The number of imidazole rings is 1. The molecule has 2 heterocycles. The first-order valence-electron chi connectivity index (χ1n) is 13.9. The Morgan fingerprint density at radius 2 is 1.83 bits per heavy atom. The number of pyridine rings is 1. The number of hydroxylamine groups is 1. The number of hydrogen-bond acceptors (Lipinski definition) is 9. The number of amides is 2. The number of fused-ring (bicyclic) bond motifs is 1. The Balaban J connectivity index is 1.29. The molecule has 3 aromatic carbocycles. The maximum Gasteiger partial charge on any atom is 0.263 e. The van der Waals surface area contributed by atoms with E-state index >= 15 is 0 Å². The Bertz CT molecular complexity index is 2050. The number of aryl methyl sites for hydroxylation is 1. The molecule has 0 saturated carbocycles. The highest BCUT2D eigenvalue weighted by Crippen LogP contribution is 2.31. The van der Waals surface area contributed by atoms with Gasteiger partial charge in [-0.2, -0.15) is 0 Å². The minimum atomic E-state index is -4.07. The van der Waals surface area contributed by atoms with Gasteiger partial charge in [-0.25, -0.2) is 23.9 Å². The van der Waals surface area contributed by atoms with E-state index in [4.69, 9.17) is 21.5 Å². The van der Waals surface area contributed by atoms with Crippen molar-refractivity contribution in [1.82, 2.24) is 20.4 Å². The summed E-state index contributed by atoms with van der Waals surface area (Å²) in [7, 11) is -0.160. The first kappa shape index (κ1) is 32.2. The zero-order valence-corrected chi connectivity index (χ0v) is 26.5. The SMILES string of the molecule is Cc1nc(NS(=O)(=O)c2cccc(OCCC(=O)NO)c2)ccc1C(=O)Nc1ccc(Cl)c(-c2nc3ccc(N(C)C)cc3[nH]2)c1. The van der Waals surface area contributed by atoms with Crippen LogP contribution in [0.2, 0.25) is 5.02 Å². The highest BCUT2D eigenvalue weighted by Gasteiger charge is 2.19. The summed E-state index contributed by atoms with van der Waals surface area (Å²) in [4.78, 5) is 38.5. The Morgan fingerprint density at radius 1 is 1.02 bits per heavy atom. The number of carbonyl (C=O) groups excluding carboxylic acids is 2. The molecule has 2 aromatic heterocycles. The van der Waals surface area contributed by atoms with E-state index in [0.29, 0.717) is 27.8 Å². The third kappa shape index (κ3) is 7.37. The van der Waals surface area contributed by atoms with Crippen LogP contribution >= 0.6 is 11.6 Å². The second-order valence-electron chi connectivity index (χ2n) is 10.4. The third-order valence-electron chi connectivity index (χ3n) is 6.87. The van der Waals surface area contributed by atoms with Crippen molar-refractivity contribution < 1.29 is 28.0 Å². The van der Waals surface area contributed by atoms with Crippen LogP contribution in [0.1, 0.15) is 22.5 Å². The van der Waals surface area contributed by atoms with E-state index in [0.717, 1.165) is 16.7 Å². The number of halogens is 1. The number of rotatable bonds is 11. The fourth-order valence-corrected chi connectivity index (χ4v) is 5.73. The van der Waals surface area contributed by atoms with Crippen molar-refractivity contribution in [1.29, 1.82) is 0 Å². The van der Waals surface area contributed by atoms with Crippen molar-refractivity contribution >= 4 is 61.7 Å². The second-order valence-corrected chi connectivity index (χ2v) is 12.5. The number of nitrogens with zero attached hydrogens (tertiary/aromatic N) is 3. The van der Waals surface area contributed by atoms with Gasteiger partial charge in [0.05, 0.1) is 45.2 Å². The summed E-state index contributed by atoms with van der Waals surface area (Å²) in [6, 6.07) is 19.5. The predicted molar refractivity (Wildman–Crippen MR) is 175 cm³/mol. The number of anilines is 3. The molecule has 0 spiro atoms. The minimum absolute atomic E-state index is 0.0103. The van der Waals surface area contributed by atoms with E-state index in [1.165, 1.54) is 41.9 Å². The monoisotopic (exact) mass is 663 g/mol. The number of benzene rings is 3. The van der Waals surface area contributed by atoms with E-state index in [1.54, 1.807) is 25.1 Å². The van der Waals surface area contributed by atoms with Crippen molar-refractivity contribution in [2.75, 3.05) is 35.6 Å². The lowest BCUT2D eigenvalue weighted by atomic mass is 10.1. The smallest absolute Gasteiger partial charge is 0.263 e. The molecule has 0 saturated heterocycles. The third-order valence-corrected chi connectivity index (χ3v) is 8.55. The summed E-state index contributed by atoms with van der Waals surface area (Å²) in [5.41, 5.74) is 5.73. The summed E-state index contributed by atoms with van der Waals surface area (Å²) in [6.45, 7) is 1.52. The van der Waals surface area contributed by atoms with Crippen LogP contribution in [0.5, 0.6) is 5.75 Å². The molecule has 5 N–H and O–H groups in total. The molecule has 0 fully saturated rings. The van der Waals surface area contributed by atoms with Crippen molar-refractivity contribution in [2.45, 2.75) is 18.2 Å². The molecule has 46 heavy (non-hydrogen) atoms. The fourth-order valence-electron chi connectivity index (χ4n) is 4.49. The van der Waals surface area contributed by atoms with Crippen LogP contribution in [0.25, 0.3) is 22.4 Å². The molecule has 5 rings (SSSR count). The molecule has 238 valence electrons. The van der Waals surface area contributed by atoms with Crippen molar-refractivity contribution in [2.24, 2.45) is 0 Å². The Hall–Kier alpha value is -5.18. The molecule has 0 aliphatic rings. The zero-order valence-electron chi connectivity index (χ0n) is 25.0. The number of hydrogen-bond donors (Lipinski definition) is 5. The van der Waals surface area contributed by atoms with Gasteiger partial charge in [0.15, 0.2) is 0 Å². The van der Waals surface area contributed by atoms with Crippen molar-refractivity contribution in [3.05, 3.63) is 89.1 Å². The molecule has 0 atom stereocenters. The molecule has 13 nitrogen and oxygen atoms in total. The van der Waals surface area contributed by atoms with Crippen molar-refractivity contribution in [3.8, 4) is 17.1 Å². The van der Waals surface area contributed by atoms with Crippen LogP contribution in [-0.2, 0) is 14.8 Å². The van der Waals surface area contributed by atoms with Gasteiger partial charge in [-0.3, -0.25) is 19.5 Å². The average Bonchev–Trinajstić information content (AvgIpc) is 3.45. The molecule has 0 radical (unpaired) electrons. The number of sulfonamides is 1. The van der Waals surface area contributed by atoms with Gasteiger partial charge in [0, 0.05) is 37.1 Å². The molecule has 5 aromatic rings. The number of nitrogens with one attached hydrogen (secondary N) is 4. The van der Waals surface area contributed by atoms with Gasteiger partial charge in [0.25, 0.3) is 15.9 Å². The molecule has 15 heteroatoms. The Kier molecular flexibility index (Phi) is 9.41. The van der Waals surface area contributed by atoms with Crippen LogP contribution in [0.4, 0.5) is 17.2 Å². The van der Waals surface area contributed by atoms with Crippen LogP contribution in [0.15, 0.2) is 77.7 Å². The second kappa shape index (κ2) is 13.4. The normalized spacial score (nSPS) is 11.2. The van der Waals surface area contributed by atoms with Crippen LogP contribution in [-0.4, -0.2) is 61.1 Å². The van der Waals surface area contributed by atoms with Gasteiger partial charge < -0.3 is 19.9 Å². The molecule has 0 aliphatic heterocycles. The zero-order chi connectivity index (χ0) is 33.0. The first-order valence-corrected chi connectivity index (χ1v) is 15.7. The maximum atomic E-state index is 13.2. The quantitative estimate of drug-likeness (QED) is 0.0963. The van der Waals surface area contributed by atoms with Gasteiger partial charge >= 0.3 is 0 Å². The Labute approximate surface area is 269 Å². The maximum absolute atomic E-state index is 13.2. The number of carbonyl (C=O) groups is 2. The highest BCUT2D eigenvalue weighted by molar-refractivity contribution is 7.92. The predicted octanol–water partition coefficient (Wildman–Crippen LogP) is 4.98. The van der Waals surface area contributed by atoms with E-state index in [-0.39, 0.29) is 35.1 Å². The van der Waals surface area contributed by atoms with Crippen LogP contribution < -0.4 is 25.2 Å². The summed E-state index contributed by atoms with van der Waals surface area (Å²) in [5, 5.41) is 11.9. The van der Waals surface area contributed by atoms with Gasteiger partial charge in [0.1, 0.15) is 17.4 Å². The minimum Gasteiger partial charge on any atom is -0.493 e. The van der Waals surface area contributed by atoms with Crippen LogP contribution in [0.3, 0.4) is 0 Å². The summed E-state index contributed by atoms with van der Waals surface area (Å²) >= 11 is 6.50. The van der Waals surface area contributed by atoms with Gasteiger partial charge in [-0.15, -0.1) is 0 Å². The number of ether oxygens (including phenoxy) is 1. The molecular formula is C31H30ClN7O6S. The topological polar surface area (TPSA) is 179 Å². The lowest BCUT2D eigenvalue weighted by molar-refractivity contribution is -0.129. The first-order chi connectivity index (χ1) is 21.9. The van der Waals surface area contributed by atoms with Gasteiger partial charge in [-0.05, 0) is 67.6 Å². The molecule has 0 unspecified atom stereocenters. The van der Waals surface area contributed by atoms with Crippen molar-refractivity contribution in [3.63, 3.8) is 0 Å². The highest BCUT2D eigenvalue weighted by atomic mass is 35.5. The number of aromatic nitrogens is 3. The number of H-pyrrole nitrogens is 1.